The van der Waals surface area contributed by atoms with Gasteiger partial charge in [0.15, 0.2) is 0 Å². The molecule has 0 atom stereocenters. The maximum atomic E-state index is 4.75. The molecule has 0 amide bonds. The van der Waals surface area contributed by atoms with Gasteiger partial charge in [0.2, 0.25) is 0 Å². The molecule has 2 fully saturated rings. The van der Waals surface area contributed by atoms with Gasteiger partial charge < -0.3 is 0 Å². The van der Waals surface area contributed by atoms with Crippen molar-refractivity contribution in [3.8, 4) is 22.4 Å². The summed E-state index contributed by atoms with van der Waals surface area (Å²) in [6, 6.07) is 22.1. The summed E-state index contributed by atoms with van der Waals surface area (Å²) in [5.41, 5.74) is 8.24. The monoisotopic (exact) mass is 395 g/mol. The van der Waals surface area contributed by atoms with E-state index >= 15 is 0 Å². The van der Waals surface area contributed by atoms with E-state index < -0.39 is 0 Å². The van der Waals surface area contributed by atoms with Gasteiger partial charge in [0, 0.05) is 17.3 Å². The number of benzene rings is 2. The Morgan fingerprint density at radius 1 is 0.733 bits per heavy atom. The van der Waals surface area contributed by atoms with Gasteiger partial charge in [-0.05, 0) is 79.5 Å². The van der Waals surface area contributed by atoms with E-state index in [9.17, 15) is 0 Å². The summed E-state index contributed by atoms with van der Waals surface area (Å²) < 4.78 is 0. The second-order valence-electron chi connectivity index (χ2n) is 9.70. The van der Waals surface area contributed by atoms with Gasteiger partial charge in [-0.1, -0.05) is 73.9 Å². The largest absolute Gasteiger partial charge is 0.256 e. The fraction of sp³-hybridized carbons (Fsp3) is 0.414. The van der Waals surface area contributed by atoms with E-state index in [0.29, 0.717) is 5.41 Å². The van der Waals surface area contributed by atoms with Crippen LogP contribution in [0.5, 0.6) is 0 Å². The molecule has 1 heterocycles. The number of hydrogen-bond acceptors (Lipinski definition) is 1. The van der Waals surface area contributed by atoms with Crippen molar-refractivity contribution < 1.29 is 0 Å². The summed E-state index contributed by atoms with van der Waals surface area (Å²) in [6.07, 6.45) is 15.1. The summed E-state index contributed by atoms with van der Waals surface area (Å²) in [5, 5.41) is 0. The average Bonchev–Trinajstić information content (AvgIpc) is 2.81. The zero-order chi connectivity index (χ0) is 20.4. The first kappa shape index (κ1) is 19.5. The molecule has 0 aliphatic heterocycles. The lowest BCUT2D eigenvalue weighted by Crippen LogP contribution is -2.29. The van der Waals surface area contributed by atoms with Gasteiger partial charge in [-0.15, -0.1) is 0 Å². The number of pyridine rings is 1. The van der Waals surface area contributed by atoms with Crippen LogP contribution in [-0.4, -0.2) is 4.98 Å². The van der Waals surface area contributed by atoms with Crippen LogP contribution in [0.2, 0.25) is 0 Å². The Bertz CT molecular complexity index is 968. The smallest absolute Gasteiger partial charge is 0.0705 e. The Hall–Kier alpha value is -2.41. The summed E-state index contributed by atoms with van der Waals surface area (Å²) in [7, 11) is 0. The van der Waals surface area contributed by atoms with Crippen molar-refractivity contribution in [3.05, 3.63) is 78.0 Å². The van der Waals surface area contributed by atoms with Crippen molar-refractivity contribution in [2.75, 3.05) is 0 Å². The topological polar surface area (TPSA) is 12.9 Å². The summed E-state index contributed by atoms with van der Waals surface area (Å²) in [6.45, 7) is 2.14. The van der Waals surface area contributed by atoms with E-state index in [2.05, 4.69) is 67.6 Å². The maximum absolute atomic E-state index is 4.75. The number of nitrogens with zero attached hydrogens (tertiary/aromatic N) is 1. The Morgan fingerprint density at radius 3 is 2.10 bits per heavy atom. The van der Waals surface area contributed by atoms with Crippen molar-refractivity contribution in [1.29, 1.82) is 0 Å². The fourth-order valence-corrected chi connectivity index (χ4v) is 5.90. The lowest BCUT2D eigenvalue weighted by molar-refractivity contribution is 0.114. The first-order chi connectivity index (χ1) is 14.7. The second kappa shape index (κ2) is 8.38. The van der Waals surface area contributed by atoms with Crippen molar-refractivity contribution in [1.82, 2.24) is 4.98 Å². The van der Waals surface area contributed by atoms with Crippen LogP contribution in [-0.2, 0) is 0 Å². The van der Waals surface area contributed by atoms with Crippen LogP contribution in [0.4, 0.5) is 0 Å². The number of aryl methyl sites for hydroxylation is 1. The normalized spacial score (nSPS) is 19.1. The molecule has 0 radical (unpaired) electrons. The highest BCUT2D eigenvalue weighted by Gasteiger charge is 2.36. The quantitative estimate of drug-likeness (QED) is 0.434. The van der Waals surface area contributed by atoms with Crippen LogP contribution < -0.4 is 0 Å². The fourth-order valence-electron chi connectivity index (χ4n) is 5.90. The highest BCUT2D eigenvalue weighted by atomic mass is 14.7. The zero-order valence-electron chi connectivity index (χ0n) is 18.2. The molecule has 0 N–H and O–H groups in total. The third-order valence-corrected chi connectivity index (χ3v) is 7.86. The van der Waals surface area contributed by atoms with Crippen molar-refractivity contribution >= 4 is 0 Å². The molecule has 3 aromatic rings. The Morgan fingerprint density at radius 2 is 1.43 bits per heavy atom. The molecule has 1 spiro atoms. The molecule has 0 bridgehead atoms. The van der Waals surface area contributed by atoms with E-state index in [1.807, 2.05) is 6.20 Å². The zero-order valence-corrected chi connectivity index (χ0v) is 18.2. The molecule has 2 aliphatic carbocycles. The molecular formula is C29H33N. The minimum atomic E-state index is 0.708. The molecule has 0 unspecified atom stereocenters. The maximum Gasteiger partial charge on any atom is 0.0705 e. The molecule has 2 aliphatic rings. The minimum Gasteiger partial charge on any atom is -0.256 e. The van der Waals surface area contributed by atoms with Crippen LogP contribution in [0.3, 0.4) is 0 Å². The Kier molecular flexibility index (Phi) is 5.46. The van der Waals surface area contributed by atoms with E-state index in [0.717, 1.165) is 11.6 Å². The van der Waals surface area contributed by atoms with Crippen LogP contribution in [0.25, 0.3) is 22.4 Å². The van der Waals surface area contributed by atoms with Crippen LogP contribution >= 0.6 is 0 Å². The van der Waals surface area contributed by atoms with Gasteiger partial charge in [0.25, 0.3) is 0 Å². The third kappa shape index (κ3) is 3.95. The predicted octanol–water partition coefficient (Wildman–Crippen LogP) is 8.33. The van der Waals surface area contributed by atoms with Crippen molar-refractivity contribution in [3.63, 3.8) is 0 Å². The Balaban J connectivity index is 1.27. The first-order valence-corrected chi connectivity index (χ1v) is 11.8. The van der Waals surface area contributed by atoms with E-state index in [-0.39, 0.29) is 0 Å². The lowest BCUT2D eigenvalue weighted by atomic mass is 9.62. The summed E-state index contributed by atoms with van der Waals surface area (Å²) >= 11 is 0. The molecule has 1 heteroatoms. The van der Waals surface area contributed by atoms with Crippen molar-refractivity contribution in [2.24, 2.45) is 5.41 Å². The molecule has 2 aromatic carbocycles. The molecule has 30 heavy (non-hydrogen) atoms. The molecule has 154 valence electrons. The lowest BCUT2D eigenvalue weighted by Gasteiger charge is -2.43. The number of aromatic nitrogens is 1. The molecule has 1 aromatic heterocycles. The van der Waals surface area contributed by atoms with Gasteiger partial charge in [0.1, 0.15) is 0 Å². The summed E-state index contributed by atoms with van der Waals surface area (Å²) in [4.78, 5) is 4.75. The van der Waals surface area contributed by atoms with Gasteiger partial charge in [-0.25, -0.2) is 0 Å². The standard InChI is InChI=1S/C29H33N/c1-22-7-3-4-8-27(22)28-14-13-26(21-30-28)24-11-9-23(10-12-24)25-15-19-29(20-16-25)17-5-2-6-18-29/h3-4,7-14,21,25H,2,5-6,15-20H2,1H3. The predicted molar refractivity (Wildman–Crippen MR) is 127 cm³/mol. The van der Waals surface area contributed by atoms with Crippen LogP contribution in [0.15, 0.2) is 66.9 Å². The second-order valence-corrected chi connectivity index (χ2v) is 9.70. The van der Waals surface area contributed by atoms with Gasteiger partial charge in [-0.3, -0.25) is 4.98 Å². The van der Waals surface area contributed by atoms with E-state index in [1.54, 1.807) is 0 Å². The summed E-state index contributed by atoms with van der Waals surface area (Å²) in [5.74, 6) is 0.758. The number of hydrogen-bond donors (Lipinski definition) is 0. The van der Waals surface area contributed by atoms with Gasteiger partial charge in [-0.2, -0.15) is 0 Å². The molecule has 0 saturated heterocycles. The van der Waals surface area contributed by atoms with Gasteiger partial charge in [0.05, 0.1) is 5.69 Å². The third-order valence-electron chi connectivity index (χ3n) is 7.86. The molecule has 1 nitrogen and oxygen atoms in total. The van der Waals surface area contributed by atoms with Crippen molar-refractivity contribution in [2.45, 2.75) is 70.6 Å². The van der Waals surface area contributed by atoms with E-state index in [4.69, 9.17) is 4.98 Å². The molecular weight excluding hydrogens is 362 g/mol. The van der Waals surface area contributed by atoms with Crippen LogP contribution in [0.1, 0.15) is 74.8 Å². The van der Waals surface area contributed by atoms with Crippen LogP contribution in [0, 0.1) is 12.3 Å². The van der Waals surface area contributed by atoms with E-state index in [1.165, 1.54) is 85.6 Å². The number of rotatable bonds is 3. The highest BCUT2D eigenvalue weighted by Crippen LogP contribution is 2.51. The highest BCUT2D eigenvalue weighted by molar-refractivity contribution is 5.68. The Labute approximate surface area is 181 Å². The minimum absolute atomic E-state index is 0.708. The SMILES string of the molecule is Cc1ccccc1-c1ccc(-c2ccc(C3CCC4(CCCCC4)CC3)cc2)cn1. The molecule has 2 saturated carbocycles. The molecule has 5 rings (SSSR count). The first-order valence-electron chi connectivity index (χ1n) is 11.8. The van der Waals surface area contributed by atoms with Gasteiger partial charge >= 0.3 is 0 Å². The average molecular weight is 396 g/mol.